The minimum atomic E-state index is -0.878. The molecule has 4 heterocycles. The van der Waals surface area contributed by atoms with Crippen LogP contribution in [0, 0.1) is 13.8 Å². The molecule has 2 aromatic rings. The van der Waals surface area contributed by atoms with Gasteiger partial charge in [-0.1, -0.05) is 47.5 Å². The number of rotatable bonds is 6. The van der Waals surface area contributed by atoms with Crippen LogP contribution in [0.1, 0.15) is 47.9 Å². The number of hydrogen-bond donors (Lipinski definition) is 2. The summed E-state index contributed by atoms with van der Waals surface area (Å²) in [4.78, 5) is 48.6. The normalized spacial score (nSPS) is 21.1. The maximum Gasteiger partial charge on any atom is 0.410 e. The number of urea groups is 1. The zero-order chi connectivity index (χ0) is 31.3. The average Bonchev–Trinajstić information content (AvgIpc) is 3.22. The van der Waals surface area contributed by atoms with Gasteiger partial charge in [0, 0.05) is 70.0 Å². The fraction of sp³-hybridized carbons (Fsp3) is 0.571. The van der Waals surface area contributed by atoms with Gasteiger partial charge in [-0.05, 0) is 76.2 Å². The van der Waals surface area contributed by atoms with E-state index in [-0.39, 0.29) is 18.0 Å². The Labute approximate surface area is 267 Å². The maximum atomic E-state index is 13.9. The molecule has 3 fully saturated rings. The molecule has 0 aliphatic carbocycles. The van der Waals surface area contributed by atoms with Crippen molar-refractivity contribution in [3.8, 4) is 0 Å². The molecule has 242 valence electrons. The molecule has 6 rings (SSSR count). The van der Waals surface area contributed by atoms with Crippen LogP contribution in [-0.2, 0) is 22.4 Å². The summed E-state index contributed by atoms with van der Waals surface area (Å²) in [6.07, 6.45) is 3.47. The average molecular weight is 617 g/mol. The topological polar surface area (TPSA) is 97.5 Å². The molecule has 0 aromatic heterocycles. The first-order valence-corrected chi connectivity index (χ1v) is 16.8. The van der Waals surface area contributed by atoms with Gasteiger partial charge in [0.2, 0.25) is 0 Å². The standard InChI is InChI=1S/C35H48N6O4/c1-25-21-26(2)23-27(22-25)24-32(33(42)39-19-17-38(18-20-39)29-7-12-36-13-8-29)45-35(44)40-14-10-30(11-15-40)41-16-9-28-5-3-4-6-31(28)37-34(41)43/h3-6,21-23,29-30,32,36H,7-20,24H2,1-2H3,(H,37,43)/t32-/m1/s1. The van der Waals surface area contributed by atoms with E-state index in [1.165, 1.54) is 0 Å². The Kier molecular flexibility index (Phi) is 9.90. The molecule has 0 unspecified atom stereocenters. The monoisotopic (exact) mass is 616 g/mol. The number of aryl methyl sites for hydroxylation is 2. The SMILES string of the molecule is Cc1cc(C)cc(C[C@@H](OC(=O)N2CCC(N3CCc4ccccc4NC3=O)CC2)C(=O)N2CCN(C3CCNCC3)CC2)c1. The highest BCUT2D eigenvalue weighted by Gasteiger charge is 2.36. The highest BCUT2D eigenvalue weighted by Crippen LogP contribution is 2.25. The van der Waals surface area contributed by atoms with Crippen molar-refractivity contribution in [1.29, 1.82) is 0 Å². The van der Waals surface area contributed by atoms with Crippen LogP contribution in [0.2, 0.25) is 0 Å². The summed E-state index contributed by atoms with van der Waals surface area (Å²) in [5, 5.41) is 6.49. The third-order valence-corrected chi connectivity index (χ3v) is 9.98. The van der Waals surface area contributed by atoms with Gasteiger partial charge in [-0.25, -0.2) is 9.59 Å². The number of likely N-dealkylation sites (tertiary alicyclic amines) is 1. The lowest BCUT2D eigenvalue weighted by Crippen LogP contribution is -2.56. The molecule has 3 saturated heterocycles. The molecule has 45 heavy (non-hydrogen) atoms. The van der Waals surface area contributed by atoms with Crippen LogP contribution in [0.25, 0.3) is 0 Å². The molecule has 2 aromatic carbocycles. The predicted octanol–water partition coefficient (Wildman–Crippen LogP) is 3.80. The second-order valence-corrected chi connectivity index (χ2v) is 13.2. The van der Waals surface area contributed by atoms with Crippen LogP contribution in [0.3, 0.4) is 0 Å². The van der Waals surface area contributed by atoms with E-state index in [9.17, 15) is 14.4 Å². The highest BCUT2D eigenvalue weighted by molar-refractivity contribution is 5.91. The zero-order valence-electron chi connectivity index (χ0n) is 26.8. The highest BCUT2D eigenvalue weighted by atomic mass is 16.6. The number of para-hydroxylation sites is 1. The molecule has 4 aliphatic rings. The van der Waals surface area contributed by atoms with Crippen LogP contribution < -0.4 is 10.6 Å². The number of nitrogens with one attached hydrogen (secondary N) is 2. The van der Waals surface area contributed by atoms with Crippen molar-refractivity contribution in [3.05, 3.63) is 64.7 Å². The van der Waals surface area contributed by atoms with E-state index in [4.69, 9.17) is 4.74 Å². The number of ether oxygens (including phenoxy) is 1. The largest absolute Gasteiger partial charge is 0.436 e. The van der Waals surface area contributed by atoms with E-state index in [2.05, 4.69) is 39.8 Å². The Hall–Kier alpha value is -3.63. The first kappa shape index (κ1) is 31.4. The predicted molar refractivity (Wildman–Crippen MR) is 174 cm³/mol. The van der Waals surface area contributed by atoms with Gasteiger partial charge in [0.05, 0.1) is 0 Å². The third kappa shape index (κ3) is 7.61. The molecule has 10 heteroatoms. The van der Waals surface area contributed by atoms with Crippen molar-refractivity contribution in [2.24, 2.45) is 0 Å². The summed E-state index contributed by atoms with van der Waals surface area (Å²) in [5.74, 6) is -0.108. The van der Waals surface area contributed by atoms with Gasteiger partial charge in [0.15, 0.2) is 6.10 Å². The van der Waals surface area contributed by atoms with Crippen LogP contribution in [0.4, 0.5) is 15.3 Å². The molecule has 1 atom stereocenters. The number of hydrogen-bond acceptors (Lipinski definition) is 6. The lowest BCUT2D eigenvalue weighted by Gasteiger charge is -2.41. The minimum absolute atomic E-state index is 0.0484. The second kappa shape index (κ2) is 14.2. The minimum Gasteiger partial charge on any atom is -0.436 e. The number of benzene rings is 2. The summed E-state index contributed by atoms with van der Waals surface area (Å²) in [6, 6.07) is 14.7. The quantitative estimate of drug-likeness (QED) is 0.513. The fourth-order valence-electron chi connectivity index (χ4n) is 7.56. The van der Waals surface area contributed by atoms with E-state index >= 15 is 0 Å². The number of piperazine rings is 1. The maximum absolute atomic E-state index is 13.9. The van der Waals surface area contributed by atoms with Crippen LogP contribution in [0.15, 0.2) is 42.5 Å². The fourth-order valence-corrected chi connectivity index (χ4v) is 7.56. The summed E-state index contributed by atoms with van der Waals surface area (Å²) in [7, 11) is 0. The van der Waals surface area contributed by atoms with Gasteiger partial charge < -0.3 is 30.1 Å². The van der Waals surface area contributed by atoms with Gasteiger partial charge in [-0.3, -0.25) is 9.69 Å². The van der Waals surface area contributed by atoms with Gasteiger partial charge in [-0.15, -0.1) is 0 Å². The van der Waals surface area contributed by atoms with Gasteiger partial charge in [0.25, 0.3) is 5.91 Å². The van der Waals surface area contributed by atoms with Crippen LogP contribution >= 0.6 is 0 Å². The number of carbonyl (C=O) groups excluding carboxylic acids is 3. The van der Waals surface area contributed by atoms with Gasteiger partial charge in [0.1, 0.15) is 0 Å². The molecular weight excluding hydrogens is 568 g/mol. The molecule has 2 N–H and O–H groups in total. The van der Waals surface area contributed by atoms with Crippen molar-refractivity contribution >= 4 is 23.7 Å². The number of anilines is 1. The van der Waals surface area contributed by atoms with Crippen molar-refractivity contribution in [2.75, 3.05) is 64.2 Å². The molecule has 0 spiro atoms. The Morgan fingerprint density at radius 1 is 0.844 bits per heavy atom. The van der Waals surface area contributed by atoms with Crippen molar-refractivity contribution in [3.63, 3.8) is 0 Å². The molecule has 0 saturated carbocycles. The molecule has 0 bridgehead atoms. The van der Waals surface area contributed by atoms with E-state index < -0.39 is 12.2 Å². The number of amides is 4. The van der Waals surface area contributed by atoms with Gasteiger partial charge in [-0.2, -0.15) is 0 Å². The second-order valence-electron chi connectivity index (χ2n) is 13.2. The molecule has 4 amide bonds. The van der Waals surface area contributed by atoms with Crippen molar-refractivity contribution in [2.45, 2.75) is 70.6 Å². The van der Waals surface area contributed by atoms with Crippen molar-refractivity contribution < 1.29 is 19.1 Å². The van der Waals surface area contributed by atoms with Crippen LogP contribution in [0.5, 0.6) is 0 Å². The summed E-state index contributed by atoms with van der Waals surface area (Å²) < 4.78 is 6.08. The first-order valence-electron chi connectivity index (χ1n) is 16.8. The van der Waals surface area contributed by atoms with E-state index in [1.54, 1.807) is 4.90 Å². The lowest BCUT2D eigenvalue weighted by atomic mass is 10.0. The van der Waals surface area contributed by atoms with E-state index in [1.807, 2.05) is 41.8 Å². The summed E-state index contributed by atoms with van der Waals surface area (Å²) in [5.41, 5.74) is 5.26. The Morgan fingerprint density at radius 3 is 2.24 bits per heavy atom. The molecular formula is C35H48N6O4. The Balaban J connectivity index is 1.07. The molecule has 10 nitrogen and oxygen atoms in total. The van der Waals surface area contributed by atoms with Crippen molar-refractivity contribution in [1.82, 2.24) is 24.9 Å². The van der Waals surface area contributed by atoms with Gasteiger partial charge >= 0.3 is 12.1 Å². The lowest BCUT2D eigenvalue weighted by molar-refractivity contribution is -0.143. The smallest absolute Gasteiger partial charge is 0.410 e. The van der Waals surface area contributed by atoms with Crippen LogP contribution in [-0.4, -0.2) is 115 Å². The number of carbonyl (C=O) groups is 3. The number of nitrogens with zero attached hydrogens (tertiary/aromatic N) is 4. The van der Waals surface area contributed by atoms with E-state index in [0.717, 1.165) is 73.4 Å². The number of fused-ring (bicyclic) bond motifs is 1. The number of piperidine rings is 2. The summed E-state index contributed by atoms with van der Waals surface area (Å²) in [6.45, 7) is 10.8. The summed E-state index contributed by atoms with van der Waals surface area (Å²) >= 11 is 0. The van der Waals surface area contributed by atoms with E-state index in [0.29, 0.717) is 58.0 Å². The Morgan fingerprint density at radius 2 is 1.53 bits per heavy atom. The zero-order valence-corrected chi connectivity index (χ0v) is 26.8. The Bertz CT molecular complexity index is 1340. The first-order chi connectivity index (χ1) is 21.8. The molecule has 0 radical (unpaired) electrons. The molecule has 4 aliphatic heterocycles. The third-order valence-electron chi connectivity index (χ3n) is 9.98.